The van der Waals surface area contributed by atoms with Gasteiger partial charge in [-0.1, -0.05) is 0 Å². The van der Waals surface area contributed by atoms with E-state index < -0.39 is 0 Å². The lowest BCUT2D eigenvalue weighted by molar-refractivity contribution is -0.142. The van der Waals surface area contributed by atoms with Crippen LogP contribution in [-0.2, 0) is 16.0 Å². The van der Waals surface area contributed by atoms with E-state index in [1.54, 1.807) is 19.1 Å². The fraction of sp³-hybridized carbons (Fsp3) is 0.273. The molecule has 1 aromatic rings. The largest absolute Gasteiger partial charge is 0.466 e. The summed E-state index contributed by atoms with van der Waals surface area (Å²) in [5, 5.41) is 8.94. The highest BCUT2D eigenvalue weighted by Crippen LogP contribution is 2.27. The summed E-state index contributed by atoms with van der Waals surface area (Å²) in [7, 11) is 0. The maximum Gasteiger partial charge on any atom is 0.310 e. The number of rotatable bonds is 3. The second kappa shape index (κ2) is 6.02. The van der Waals surface area contributed by atoms with E-state index in [2.05, 4.69) is 37.9 Å². The molecule has 0 aromatic heterocycles. The van der Waals surface area contributed by atoms with Gasteiger partial charge in [0.15, 0.2) is 0 Å². The number of hydrogen-bond acceptors (Lipinski definition) is 3. The molecule has 0 unspecified atom stereocenters. The molecule has 84 valence electrons. The first-order valence-corrected chi connectivity index (χ1v) is 6.20. The van der Waals surface area contributed by atoms with Gasteiger partial charge in [-0.2, -0.15) is 5.26 Å². The molecule has 0 saturated heterocycles. The Morgan fingerprint density at radius 1 is 1.44 bits per heavy atom. The third-order valence-electron chi connectivity index (χ3n) is 1.91. The average Bonchev–Trinajstić information content (AvgIpc) is 2.23. The van der Waals surface area contributed by atoms with Crippen molar-refractivity contribution in [2.75, 3.05) is 6.61 Å². The van der Waals surface area contributed by atoms with Gasteiger partial charge < -0.3 is 4.74 Å². The van der Waals surface area contributed by atoms with E-state index >= 15 is 0 Å². The summed E-state index contributed by atoms with van der Waals surface area (Å²) in [6.07, 6.45) is 0.114. The molecule has 1 aromatic carbocycles. The molecule has 3 nitrogen and oxygen atoms in total. The zero-order valence-electron chi connectivity index (χ0n) is 8.59. The first-order valence-electron chi connectivity index (χ1n) is 4.62. The van der Waals surface area contributed by atoms with E-state index in [4.69, 9.17) is 10.00 Å². The van der Waals surface area contributed by atoms with Crippen LogP contribution in [0.5, 0.6) is 0 Å². The molecule has 0 fully saturated rings. The van der Waals surface area contributed by atoms with Crippen LogP contribution < -0.4 is 0 Å². The minimum atomic E-state index is -0.326. The first-order chi connectivity index (χ1) is 7.58. The summed E-state index contributed by atoms with van der Waals surface area (Å²) >= 11 is 6.63. The number of nitriles is 1. The number of nitrogens with zero attached hydrogens (tertiary/aromatic N) is 1. The van der Waals surface area contributed by atoms with Crippen LogP contribution in [0.4, 0.5) is 0 Å². The lowest BCUT2D eigenvalue weighted by atomic mass is 10.1. The van der Waals surface area contributed by atoms with Crippen molar-refractivity contribution in [3.63, 3.8) is 0 Å². The Labute approximate surface area is 111 Å². The lowest BCUT2D eigenvalue weighted by Gasteiger charge is -2.06. The van der Waals surface area contributed by atoms with Crippen LogP contribution in [-0.4, -0.2) is 12.6 Å². The molecule has 5 heteroatoms. The molecule has 0 aliphatic rings. The quantitative estimate of drug-likeness (QED) is 0.790. The van der Waals surface area contributed by atoms with E-state index in [1.165, 1.54) is 0 Å². The summed E-state index contributed by atoms with van der Waals surface area (Å²) in [5.41, 5.74) is 1.14. The van der Waals surface area contributed by atoms with E-state index in [1.807, 2.05) is 0 Å². The number of benzene rings is 1. The molecule has 0 radical (unpaired) electrons. The van der Waals surface area contributed by atoms with Crippen molar-refractivity contribution in [1.82, 2.24) is 0 Å². The van der Waals surface area contributed by atoms with Gasteiger partial charge in [0.1, 0.15) is 0 Å². The Morgan fingerprint density at radius 2 is 2.06 bits per heavy atom. The molecule has 0 aliphatic carbocycles. The molecule has 0 heterocycles. The molecule has 16 heavy (non-hydrogen) atoms. The third-order valence-corrected chi connectivity index (χ3v) is 3.75. The van der Waals surface area contributed by atoms with Crippen LogP contribution in [0.25, 0.3) is 0 Å². The van der Waals surface area contributed by atoms with Gasteiger partial charge >= 0.3 is 5.97 Å². The number of carbonyl (C=O) groups excluding carboxylic acids is 1. The zero-order chi connectivity index (χ0) is 12.1. The van der Waals surface area contributed by atoms with Crippen molar-refractivity contribution < 1.29 is 9.53 Å². The summed E-state index contributed by atoms with van der Waals surface area (Å²) in [6, 6.07) is 5.48. The first kappa shape index (κ1) is 13.2. The highest BCUT2D eigenvalue weighted by Gasteiger charge is 2.11. The summed E-state index contributed by atoms with van der Waals surface area (Å²) in [4.78, 5) is 11.3. The van der Waals surface area contributed by atoms with Crippen molar-refractivity contribution in [2.45, 2.75) is 13.3 Å². The van der Waals surface area contributed by atoms with E-state index in [0.29, 0.717) is 17.7 Å². The fourth-order valence-electron chi connectivity index (χ4n) is 1.21. The minimum Gasteiger partial charge on any atom is -0.466 e. The van der Waals surface area contributed by atoms with Gasteiger partial charge in [0, 0.05) is 8.95 Å². The molecular weight excluding hydrogens is 338 g/mol. The van der Waals surface area contributed by atoms with Crippen molar-refractivity contribution in [2.24, 2.45) is 0 Å². The van der Waals surface area contributed by atoms with Gasteiger partial charge in [-0.3, -0.25) is 4.79 Å². The van der Waals surface area contributed by atoms with Crippen molar-refractivity contribution in [3.8, 4) is 6.07 Å². The van der Waals surface area contributed by atoms with Crippen LogP contribution in [0.2, 0.25) is 0 Å². The molecule has 1 rings (SSSR count). The number of esters is 1. The Bertz CT molecular complexity index is 452. The van der Waals surface area contributed by atoms with Crippen LogP contribution in [0.15, 0.2) is 21.1 Å². The fourth-order valence-corrected chi connectivity index (χ4v) is 1.94. The zero-order valence-corrected chi connectivity index (χ0v) is 11.8. The maximum absolute atomic E-state index is 11.3. The van der Waals surface area contributed by atoms with Gasteiger partial charge in [0.05, 0.1) is 24.7 Å². The smallest absolute Gasteiger partial charge is 0.310 e. The van der Waals surface area contributed by atoms with E-state index in [0.717, 1.165) is 8.95 Å². The Balaban J connectivity index is 3.00. The van der Waals surface area contributed by atoms with Gasteiger partial charge in [-0.25, -0.2) is 0 Å². The summed E-state index contributed by atoms with van der Waals surface area (Å²) < 4.78 is 6.44. The standard InChI is InChI=1S/C11H9Br2NO2/c1-2-16-11(15)5-7-3-9(12)10(13)4-8(7)6-14/h3-4H,2,5H2,1H3. The molecule has 0 atom stereocenters. The number of carbonyl (C=O) groups is 1. The molecule has 0 amide bonds. The lowest BCUT2D eigenvalue weighted by Crippen LogP contribution is -2.08. The van der Waals surface area contributed by atoms with Crippen LogP contribution in [0.3, 0.4) is 0 Å². The molecule has 0 N–H and O–H groups in total. The van der Waals surface area contributed by atoms with Crippen molar-refractivity contribution >= 4 is 37.8 Å². The number of halogens is 2. The highest BCUT2D eigenvalue weighted by molar-refractivity contribution is 9.13. The third kappa shape index (κ3) is 3.32. The van der Waals surface area contributed by atoms with Gasteiger partial charge in [0.25, 0.3) is 0 Å². The predicted octanol–water partition coefficient (Wildman–Crippen LogP) is 3.19. The van der Waals surface area contributed by atoms with E-state index in [9.17, 15) is 4.79 Å². The SMILES string of the molecule is CCOC(=O)Cc1cc(Br)c(Br)cc1C#N. The Morgan fingerprint density at radius 3 is 2.62 bits per heavy atom. The second-order valence-electron chi connectivity index (χ2n) is 3.02. The second-order valence-corrected chi connectivity index (χ2v) is 4.73. The normalized spacial score (nSPS) is 9.62. The van der Waals surface area contributed by atoms with Crippen LogP contribution in [0.1, 0.15) is 18.1 Å². The van der Waals surface area contributed by atoms with Gasteiger partial charge in [-0.15, -0.1) is 0 Å². The van der Waals surface area contributed by atoms with Crippen LogP contribution in [0, 0.1) is 11.3 Å². The number of hydrogen-bond donors (Lipinski definition) is 0. The highest BCUT2D eigenvalue weighted by atomic mass is 79.9. The minimum absolute atomic E-state index is 0.114. The Kier molecular flexibility index (Phi) is 4.97. The summed E-state index contributed by atoms with van der Waals surface area (Å²) in [6.45, 7) is 2.10. The maximum atomic E-state index is 11.3. The summed E-state index contributed by atoms with van der Waals surface area (Å²) in [5.74, 6) is -0.326. The van der Waals surface area contributed by atoms with Gasteiger partial charge in [0.2, 0.25) is 0 Å². The van der Waals surface area contributed by atoms with Gasteiger partial charge in [-0.05, 0) is 56.5 Å². The van der Waals surface area contributed by atoms with Crippen LogP contribution >= 0.6 is 31.9 Å². The average molecular weight is 347 g/mol. The van der Waals surface area contributed by atoms with Crippen molar-refractivity contribution in [1.29, 1.82) is 5.26 Å². The number of ether oxygens (including phenoxy) is 1. The molecular formula is C11H9Br2NO2. The molecule has 0 saturated carbocycles. The van der Waals surface area contributed by atoms with E-state index in [-0.39, 0.29) is 12.4 Å². The molecule has 0 bridgehead atoms. The topological polar surface area (TPSA) is 50.1 Å². The molecule has 0 aliphatic heterocycles. The monoisotopic (exact) mass is 345 g/mol. The Hall–Kier alpha value is -0.860. The predicted molar refractivity (Wildman–Crippen MR) is 66.9 cm³/mol. The van der Waals surface area contributed by atoms with Crippen molar-refractivity contribution in [3.05, 3.63) is 32.2 Å². The molecule has 0 spiro atoms.